The van der Waals surface area contributed by atoms with Crippen molar-refractivity contribution in [3.8, 4) is 0 Å². The second-order valence-corrected chi connectivity index (χ2v) is 6.99. The lowest BCUT2D eigenvalue weighted by Crippen LogP contribution is -2.37. The number of rotatable bonds is 6. The Hall–Kier alpha value is -2.78. The number of H-pyrrole nitrogens is 1. The van der Waals surface area contributed by atoms with E-state index in [9.17, 15) is 18.4 Å². The van der Waals surface area contributed by atoms with E-state index < -0.39 is 11.8 Å². The third-order valence-corrected chi connectivity index (χ3v) is 5.06. The van der Waals surface area contributed by atoms with Gasteiger partial charge in [0, 0.05) is 49.8 Å². The van der Waals surface area contributed by atoms with Gasteiger partial charge < -0.3 is 10.2 Å². The Labute approximate surface area is 153 Å². The van der Waals surface area contributed by atoms with Gasteiger partial charge in [-0.2, -0.15) is 10.2 Å². The molecular formula is C17H20F2N6O2. The summed E-state index contributed by atoms with van der Waals surface area (Å²) >= 11 is 0. The molecule has 2 aromatic heterocycles. The fourth-order valence-electron chi connectivity index (χ4n) is 3.35. The first-order valence-corrected chi connectivity index (χ1v) is 8.91. The highest BCUT2D eigenvalue weighted by Gasteiger charge is 2.57. The zero-order valence-corrected chi connectivity index (χ0v) is 14.6. The van der Waals surface area contributed by atoms with E-state index in [0.29, 0.717) is 37.4 Å². The van der Waals surface area contributed by atoms with Gasteiger partial charge in [0.25, 0.3) is 11.8 Å². The highest BCUT2D eigenvalue weighted by Crippen LogP contribution is 2.50. The Bertz CT molecular complexity index is 848. The van der Waals surface area contributed by atoms with Crippen LogP contribution in [0.2, 0.25) is 0 Å². The summed E-state index contributed by atoms with van der Waals surface area (Å²) in [6.45, 7) is 1.64. The Morgan fingerprint density at radius 2 is 2.22 bits per heavy atom. The Kier molecular flexibility index (Phi) is 4.40. The topological polar surface area (TPSA) is 95.9 Å². The molecule has 2 N–H and O–H groups in total. The number of carbonyl (C=O) groups is 2. The minimum absolute atomic E-state index is 0.128. The zero-order chi connectivity index (χ0) is 19.0. The fraction of sp³-hybridized carbons (Fsp3) is 0.529. The first-order chi connectivity index (χ1) is 12.9. The summed E-state index contributed by atoms with van der Waals surface area (Å²) in [4.78, 5) is 26.1. The molecule has 1 aliphatic heterocycles. The molecule has 3 heterocycles. The smallest absolute Gasteiger partial charge is 0.272 e. The van der Waals surface area contributed by atoms with E-state index >= 15 is 0 Å². The number of carbonyl (C=O) groups excluding carboxylic acids is 2. The lowest BCUT2D eigenvalue weighted by molar-refractivity contribution is -0.133. The predicted molar refractivity (Wildman–Crippen MR) is 89.9 cm³/mol. The van der Waals surface area contributed by atoms with E-state index in [1.165, 1.54) is 0 Å². The van der Waals surface area contributed by atoms with Crippen molar-refractivity contribution >= 4 is 11.8 Å². The van der Waals surface area contributed by atoms with Gasteiger partial charge in [0.2, 0.25) is 5.91 Å². The molecule has 4 rings (SSSR count). The molecule has 1 saturated carbocycles. The summed E-state index contributed by atoms with van der Waals surface area (Å²) in [6.07, 6.45) is 3.62. The van der Waals surface area contributed by atoms with Gasteiger partial charge >= 0.3 is 0 Å². The van der Waals surface area contributed by atoms with Crippen LogP contribution in [0.3, 0.4) is 0 Å². The van der Waals surface area contributed by atoms with Gasteiger partial charge in [0.15, 0.2) is 5.69 Å². The minimum Gasteiger partial charge on any atom is -0.349 e. The molecule has 0 bridgehead atoms. The van der Waals surface area contributed by atoms with Gasteiger partial charge in [-0.05, 0) is 12.5 Å². The van der Waals surface area contributed by atoms with E-state index in [2.05, 4.69) is 20.6 Å². The number of aromatic nitrogens is 4. The molecule has 1 atom stereocenters. The van der Waals surface area contributed by atoms with E-state index in [4.69, 9.17) is 0 Å². The van der Waals surface area contributed by atoms with Crippen LogP contribution in [-0.4, -0.2) is 55.7 Å². The van der Waals surface area contributed by atoms with Crippen LogP contribution in [-0.2, 0) is 24.3 Å². The van der Waals surface area contributed by atoms with Crippen LogP contribution in [0.25, 0.3) is 0 Å². The molecule has 8 nitrogen and oxygen atoms in total. The number of hydrogen-bond donors (Lipinski definition) is 2. The highest BCUT2D eigenvalue weighted by molar-refractivity contribution is 5.94. The summed E-state index contributed by atoms with van der Waals surface area (Å²) in [5.41, 5.74) is 1.80. The average Bonchev–Trinajstić information content (AvgIpc) is 3.07. The van der Waals surface area contributed by atoms with Crippen LogP contribution in [0.1, 0.15) is 34.6 Å². The molecular weight excluding hydrogens is 358 g/mol. The SMILES string of the molecule is O=C(NCCn1cccn1)c1n[nH]c2c1CCN(C(=O)CC1CC1(F)F)C2. The molecule has 27 heavy (non-hydrogen) atoms. The minimum atomic E-state index is -2.69. The van der Waals surface area contributed by atoms with Gasteiger partial charge in [0.1, 0.15) is 0 Å². The van der Waals surface area contributed by atoms with Crippen molar-refractivity contribution in [1.29, 1.82) is 0 Å². The molecule has 2 aromatic rings. The summed E-state index contributed by atoms with van der Waals surface area (Å²) < 4.78 is 27.7. The number of fused-ring (bicyclic) bond motifs is 1. The highest BCUT2D eigenvalue weighted by atomic mass is 19.3. The van der Waals surface area contributed by atoms with Crippen LogP contribution in [0.5, 0.6) is 0 Å². The number of halogens is 2. The van der Waals surface area contributed by atoms with Crippen molar-refractivity contribution in [2.75, 3.05) is 13.1 Å². The second kappa shape index (κ2) is 6.75. The standard InChI is InChI=1S/C17H20F2N6O2/c18-17(19)9-11(17)8-14(26)24-6-2-12-13(10-24)22-23-15(12)16(27)20-4-7-25-5-1-3-21-25/h1,3,5,11H,2,4,6-10H2,(H,20,27)(H,22,23). The van der Waals surface area contributed by atoms with E-state index in [-0.39, 0.29) is 31.2 Å². The number of nitrogens with zero attached hydrogens (tertiary/aromatic N) is 4. The zero-order valence-electron chi connectivity index (χ0n) is 14.6. The lowest BCUT2D eigenvalue weighted by Gasteiger charge is -2.27. The number of hydrogen-bond acceptors (Lipinski definition) is 4. The van der Waals surface area contributed by atoms with Crippen molar-refractivity contribution in [3.05, 3.63) is 35.4 Å². The van der Waals surface area contributed by atoms with Crippen molar-refractivity contribution in [3.63, 3.8) is 0 Å². The molecule has 2 aliphatic rings. The Morgan fingerprint density at radius 3 is 2.93 bits per heavy atom. The number of amides is 2. The molecule has 0 radical (unpaired) electrons. The quantitative estimate of drug-likeness (QED) is 0.783. The van der Waals surface area contributed by atoms with E-state index in [1.807, 2.05) is 12.3 Å². The van der Waals surface area contributed by atoms with Crippen LogP contribution in [0.4, 0.5) is 8.78 Å². The van der Waals surface area contributed by atoms with Crippen LogP contribution in [0.15, 0.2) is 18.5 Å². The summed E-state index contributed by atoms with van der Waals surface area (Å²) in [6, 6.07) is 1.81. The van der Waals surface area contributed by atoms with Gasteiger partial charge in [-0.3, -0.25) is 19.4 Å². The van der Waals surface area contributed by atoms with Gasteiger partial charge in [0.05, 0.1) is 18.8 Å². The average molecular weight is 378 g/mol. The third kappa shape index (κ3) is 3.69. The maximum atomic E-state index is 13.0. The monoisotopic (exact) mass is 378 g/mol. The number of aromatic amines is 1. The number of nitrogens with one attached hydrogen (secondary N) is 2. The van der Waals surface area contributed by atoms with Crippen molar-refractivity contribution in [2.24, 2.45) is 5.92 Å². The normalized spacial score (nSPS) is 20.2. The molecule has 0 saturated heterocycles. The fourth-order valence-corrected chi connectivity index (χ4v) is 3.35. The van der Waals surface area contributed by atoms with Crippen LogP contribution < -0.4 is 5.32 Å². The first kappa shape index (κ1) is 17.6. The Morgan fingerprint density at radius 1 is 1.41 bits per heavy atom. The van der Waals surface area contributed by atoms with E-state index in [1.54, 1.807) is 15.8 Å². The third-order valence-electron chi connectivity index (χ3n) is 5.06. The van der Waals surface area contributed by atoms with E-state index in [0.717, 1.165) is 5.56 Å². The summed E-state index contributed by atoms with van der Waals surface area (Å²) in [5.74, 6) is -4.07. The van der Waals surface area contributed by atoms with Crippen molar-refractivity contribution < 1.29 is 18.4 Å². The Balaban J connectivity index is 1.32. The molecule has 2 amide bonds. The second-order valence-electron chi connectivity index (χ2n) is 6.99. The predicted octanol–water partition coefficient (Wildman–Crippen LogP) is 0.966. The molecule has 0 aromatic carbocycles. The largest absolute Gasteiger partial charge is 0.349 e. The van der Waals surface area contributed by atoms with Crippen molar-refractivity contribution in [1.82, 2.24) is 30.2 Å². The van der Waals surface area contributed by atoms with Gasteiger partial charge in [-0.25, -0.2) is 8.78 Å². The summed E-state index contributed by atoms with van der Waals surface area (Å²) in [5, 5.41) is 13.8. The molecule has 1 aliphatic carbocycles. The molecule has 1 unspecified atom stereocenters. The van der Waals surface area contributed by atoms with Crippen LogP contribution >= 0.6 is 0 Å². The summed E-state index contributed by atoms with van der Waals surface area (Å²) in [7, 11) is 0. The maximum Gasteiger partial charge on any atom is 0.272 e. The van der Waals surface area contributed by atoms with Crippen LogP contribution in [0, 0.1) is 5.92 Å². The van der Waals surface area contributed by atoms with Gasteiger partial charge in [-0.15, -0.1) is 0 Å². The maximum absolute atomic E-state index is 13.0. The number of alkyl halides is 2. The molecule has 10 heteroatoms. The molecule has 0 spiro atoms. The van der Waals surface area contributed by atoms with Crippen molar-refractivity contribution in [2.45, 2.75) is 38.3 Å². The first-order valence-electron chi connectivity index (χ1n) is 8.91. The van der Waals surface area contributed by atoms with Gasteiger partial charge in [-0.1, -0.05) is 0 Å². The molecule has 1 fully saturated rings. The molecule has 144 valence electrons. The lowest BCUT2D eigenvalue weighted by atomic mass is 10.0.